The molecule has 2 heterocycles. The molecule has 0 atom stereocenters. The van der Waals surface area contributed by atoms with Gasteiger partial charge in [-0.3, -0.25) is 9.89 Å². The van der Waals surface area contributed by atoms with Gasteiger partial charge in [-0.25, -0.2) is 4.98 Å². The minimum Gasteiger partial charge on any atom is -0.355 e. The number of rotatable bonds is 7. The smallest absolute Gasteiger partial charge is 0.355 e. The molecule has 3 aromatic rings. The number of nitrogens with zero attached hydrogens (tertiary/aromatic N) is 2. The van der Waals surface area contributed by atoms with E-state index in [2.05, 4.69) is 31.1 Å². The zero-order chi connectivity index (χ0) is 22.6. The van der Waals surface area contributed by atoms with Crippen LogP contribution in [0.1, 0.15) is 35.5 Å². The van der Waals surface area contributed by atoms with E-state index in [1.807, 2.05) is 13.8 Å². The van der Waals surface area contributed by atoms with Crippen LogP contribution in [0.25, 0.3) is 0 Å². The normalized spacial score (nSPS) is 11.5. The lowest BCUT2D eigenvalue weighted by Crippen LogP contribution is -2.19. The first-order valence-electron chi connectivity index (χ1n) is 9.64. The number of halogens is 3. The second kappa shape index (κ2) is 9.07. The van der Waals surface area contributed by atoms with Crippen molar-refractivity contribution in [3.63, 3.8) is 0 Å². The fourth-order valence-corrected chi connectivity index (χ4v) is 3.03. The van der Waals surface area contributed by atoms with Crippen LogP contribution in [0.3, 0.4) is 0 Å². The first-order chi connectivity index (χ1) is 14.7. The molecule has 0 spiro atoms. The predicted octanol–water partition coefficient (Wildman–Crippen LogP) is 4.87. The van der Waals surface area contributed by atoms with Gasteiger partial charge in [-0.1, -0.05) is 26.0 Å². The number of aromatic amines is 1. The molecule has 0 saturated carbocycles. The first kappa shape index (κ1) is 22.1. The van der Waals surface area contributed by atoms with Crippen molar-refractivity contribution in [3.8, 4) is 0 Å². The van der Waals surface area contributed by atoms with Gasteiger partial charge in [0.1, 0.15) is 5.82 Å². The number of anilines is 4. The predicted molar refractivity (Wildman–Crippen MR) is 113 cm³/mol. The van der Waals surface area contributed by atoms with E-state index in [0.717, 1.165) is 11.9 Å². The van der Waals surface area contributed by atoms with Crippen LogP contribution < -0.4 is 16.0 Å². The molecule has 0 radical (unpaired) electrons. The molecule has 31 heavy (non-hydrogen) atoms. The number of para-hydroxylation sites is 1. The second-order valence-electron chi connectivity index (χ2n) is 7.33. The zero-order valence-electron chi connectivity index (χ0n) is 17.3. The molecule has 0 fully saturated rings. The van der Waals surface area contributed by atoms with Crippen molar-refractivity contribution >= 4 is 28.8 Å². The summed E-state index contributed by atoms with van der Waals surface area (Å²) >= 11 is 0. The Morgan fingerprint density at radius 1 is 1.13 bits per heavy atom. The summed E-state index contributed by atoms with van der Waals surface area (Å²) in [5.74, 6) is 0.142. The van der Waals surface area contributed by atoms with Crippen LogP contribution in [0.4, 0.5) is 36.1 Å². The average molecular weight is 432 g/mol. The van der Waals surface area contributed by atoms with E-state index in [9.17, 15) is 18.0 Å². The lowest BCUT2D eigenvalue weighted by Gasteiger charge is -2.17. The summed E-state index contributed by atoms with van der Waals surface area (Å²) in [6.45, 7) is 4.08. The van der Waals surface area contributed by atoms with Gasteiger partial charge in [0.25, 0.3) is 5.91 Å². The van der Waals surface area contributed by atoms with Crippen molar-refractivity contribution in [1.82, 2.24) is 20.5 Å². The number of hydrogen-bond acceptors (Lipinski definition) is 5. The maximum absolute atomic E-state index is 13.6. The number of benzene rings is 1. The standard InChI is InChI=1S/C21H23F3N6O/c1-12(2)8-17-18(11-27-30-17)29-19-9-16(14(10-26-19)21(22,23)24)28-15-7-5-4-6-13(15)20(31)25-3/h4-7,9-12H,8H2,1-3H3,(H,25,31)(H,27,30)(H2,26,28,29). The third kappa shape index (κ3) is 5.33. The molecule has 164 valence electrons. The Balaban J connectivity index is 1.98. The van der Waals surface area contributed by atoms with E-state index < -0.39 is 17.6 Å². The van der Waals surface area contributed by atoms with Crippen LogP contribution >= 0.6 is 0 Å². The molecule has 1 amide bonds. The van der Waals surface area contributed by atoms with Crippen LogP contribution in [0.15, 0.2) is 42.7 Å². The highest BCUT2D eigenvalue weighted by Crippen LogP contribution is 2.37. The average Bonchev–Trinajstić information content (AvgIpc) is 3.13. The van der Waals surface area contributed by atoms with Gasteiger partial charge in [-0.15, -0.1) is 0 Å². The summed E-state index contributed by atoms with van der Waals surface area (Å²) in [5.41, 5.74) is 0.690. The molecule has 7 nitrogen and oxygen atoms in total. The van der Waals surface area contributed by atoms with Gasteiger partial charge in [0.05, 0.1) is 33.9 Å². The van der Waals surface area contributed by atoms with Gasteiger partial charge in [0.2, 0.25) is 0 Å². The maximum Gasteiger partial charge on any atom is 0.419 e. The monoisotopic (exact) mass is 432 g/mol. The van der Waals surface area contributed by atoms with Gasteiger partial charge in [-0.05, 0) is 24.5 Å². The third-order valence-corrected chi connectivity index (χ3v) is 4.46. The van der Waals surface area contributed by atoms with E-state index in [4.69, 9.17) is 0 Å². The first-order valence-corrected chi connectivity index (χ1v) is 9.64. The van der Waals surface area contributed by atoms with Gasteiger partial charge >= 0.3 is 6.18 Å². The van der Waals surface area contributed by atoms with Gasteiger partial charge < -0.3 is 16.0 Å². The van der Waals surface area contributed by atoms with E-state index in [0.29, 0.717) is 18.0 Å². The number of carbonyl (C=O) groups excluding carboxylic acids is 1. The fourth-order valence-electron chi connectivity index (χ4n) is 3.03. The number of pyridine rings is 1. The number of hydrogen-bond donors (Lipinski definition) is 4. The molecule has 0 aliphatic heterocycles. The highest BCUT2D eigenvalue weighted by atomic mass is 19.4. The Morgan fingerprint density at radius 3 is 2.55 bits per heavy atom. The SMILES string of the molecule is CNC(=O)c1ccccc1Nc1cc(Nc2c[nH]nc2CC(C)C)ncc1C(F)(F)F. The number of amides is 1. The fraction of sp³-hybridized carbons (Fsp3) is 0.286. The summed E-state index contributed by atoms with van der Waals surface area (Å²) in [4.78, 5) is 16.0. The van der Waals surface area contributed by atoms with Crippen LogP contribution in [-0.2, 0) is 12.6 Å². The summed E-state index contributed by atoms with van der Waals surface area (Å²) in [5, 5.41) is 15.2. The zero-order valence-corrected chi connectivity index (χ0v) is 17.3. The van der Waals surface area contributed by atoms with Crippen LogP contribution in [0.2, 0.25) is 0 Å². The quantitative estimate of drug-likeness (QED) is 0.427. The van der Waals surface area contributed by atoms with Crippen molar-refractivity contribution in [2.45, 2.75) is 26.4 Å². The molecule has 0 bridgehead atoms. The molecular formula is C21H23F3N6O. The maximum atomic E-state index is 13.6. The molecule has 0 unspecified atom stereocenters. The second-order valence-corrected chi connectivity index (χ2v) is 7.33. The van der Waals surface area contributed by atoms with Gasteiger partial charge in [0.15, 0.2) is 0 Å². The summed E-state index contributed by atoms with van der Waals surface area (Å²) in [6.07, 6.45) is -1.55. The van der Waals surface area contributed by atoms with E-state index >= 15 is 0 Å². The lowest BCUT2D eigenvalue weighted by molar-refractivity contribution is -0.137. The molecular weight excluding hydrogens is 409 g/mol. The number of aromatic nitrogens is 3. The van der Waals surface area contributed by atoms with Gasteiger partial charge in [-0.2, -0.15) is 18.3 Å². The minimum atomic E-state index is -4.63. The largest absolute Gasteiger partial charge is 0.419 e. The van der Waals surface area contributed by atoms with Crippen molar-refractivity contribution in [2.75, 3.05) is 17.7 Å². The lowest BCUT2D eigenvalue weighted by atomic mass is 10.1. The number of carbonyl (C=O) groups is 1. The Morgan fingerprint density at radius 2 is 1.87 bits per heavy atom. The Hall–Kier alpha value is -3.56. The number of nitrogens with one attached hydrogen (secondary N) is 4. The molecule has 3 rings (SSSR count). The third-order valence-electron chi connectivity index (χ3n) is 4.46. The molecule has 4 N–H and O–H groups in total. The Bertz CT molecular complexity index is 1060. The summed E-state index contributed by atoms with van der Waals surface area (Å²) < 4.78 is 40.8. The van der Waals surface area contributed by atoms with Crippen LogP contribution in [-0.4, -0.2) is 28.1 Å². The Kier molecular flexibility index (Phi) is 6.47. The molecule has 1 aromatic carbocycles. The number of alkyl halides is 3. The molecule has 0 aliphatic rings. The highest BCUT2D eigenvalue weighted by molar-refractivity contribution is 6.00. The van der Waals surface area contributed by atoms with E-state index in [1.165, 1.54) is 25.2 Å². The highest BCUT2D eigenvalue weighted by Gasteiger charge is 2.34. The van der Waals surface area contributed by atoms with E-state index in [1.54, 1.807) is 18.3 Å². The summed E-state index contributed by atoms with van der Waals surface area (Å²) in [7, 11) is 1.45. The van der Waals surface area contributed by atoms with Crippen molar-refractivity contribution in [3.05, 3.63) is 59.5 Å². The van der Waals surface area contributed by atoms with Crippen molar-refractivity contribution < 1.29 is 18.0 Å². The van der Waals surface area contributed by atoms with Gasteiger partial charge in [0, 0.05) is 25.5 Å². The molecule has 10 heteroatoms. The van der Waals surface area contributed by atoms with E-state index in [-0.39, 0.29) is 22.8 Å². The van der Waals surface area contributed by atoms with Crippen LogP contribution in [0, 0.1) is 5.92 Å². The molecule has 0 saturated heterocycles. The molecule has 2 aromatic heterocycles. The van der Waals surface area contributed by atoms with Crippen molar-refractivity contribution in [2.24, 2.45) is 5.92 Å². The Labute approximate surface area is 177 Å². The number of H-pyrrole nitrogens is 1. The van der Waals surface area contributed by atoms with Crippen LogP contribution in [0.5, 0.6) is 0 Å². The minimum absolute atomic E-state index is 0.208. The van der Waals surface area contributed by atoms with Crippen molar-refractivity contribution in [1.29, 1.82) is 0 Å². The summed E-state index contributed by atoms with van der Waals surface area (Å²) in [6, 6.07) is 7.59. The molecule has 0 aliphatic carbocycles. The topological polar surface area (TPSA) is 94.7 Å².